The number of aromatic nitrogens is 3. The van der Waals surface area contributed by atoms with Crippen LogP contribution >= 0.6 is 0 Å². The van der Waals surface area contributed by atoms with Crippen molar-refractivity contribution in [1.29, 1.82) is 0 Å². The van der Waals surface area contributed by atoms with Gasteiger partial charge in [0.05, 0.1) is 11.8 Å². The standard InChI is InChI=1S/C15H16N4O/c1-3-17-13-9-15(20)18(2)14-5-4-11(8-12(13)14)19-7-6-16-10-19/h4-10,17H,3H2,1-2H3. The molecule has 5 nitrogen and oxygen atoms in total. The van der Waals surface area contributed by atoms with Crippen LogP contribution in [0, 0.1) is 0 Å². The van der Waals surface area contributed by atoms with Crippen molar-refractivity contribution in [2.45, 2.75) is 6.92 Å². The number of nitrogens with one attached hydrogen (secondary N) is 1. The predicted molar refractivity (Wildman–Crippen MR) is 80.5 cm³/mol. The first-order valence-corrected chi connectivity index (χ1v) is 6.56. The molecule has 0 aliphatic rings. The Morgan fingerprint density at radius 2 is 2.15 bits per heavy atom. The zero-order valence-electron chi connectivity index (χ0n) is 11.5. The minimum Gasteiger partial charge on any atom is -0.385 e. The fourth-order valence-corrected chi connectivity index (χ4v) is 2.36. The summed E-state index contributed by atoms with van der Waals surface area (Å²) in [6, 6.07) is 7.66. The van der Waals surface area contributed by atoms with E-state index in [2.05, 4.69) is 16.4 Å². The monoisotopic (exact) mass is 268 g/mol. The van der Waals surface area contributed by atoms with E-state index < -0.39 is 0 Å². The summed E-state index contributed by atoms with van der Waals surface area (Å²) in [5.41, 5.74) is 2.79. The summed E-state index contributed by atoms with van der Waals surface area (Å²) in [5.74, 6) is 0. The highest BCUT2D eigenvalue weighted by molar-refractivity contribution is 5.92. The Bertz CT molecular complexity index is 803. The molecule has 0 spiro atoms. The molecule has 0 saturated heterocycles. The summed E-state index contributed by atoms with van der Waals surface area (Å²) in [4.78, 5) is 16.0. The molecule has 1 aromatic carbocycles. The number of nitrogens with zero attached hydrogens (tertiary/aromatic N) is 3. The number of anilines is 1. The van der Waals surface area contributed by atoms with Gasteiger partial charge in [-0.15, -0.1) is 0 Å². The second-order valence-electron chi connectivity index (χ2n) is 4.66. The average Bonchev–Trinajstić information content (AvgIpc) is 2.98. The number of fused-ring (bicyclic) bond motifs is 1. The molecule has 0 aliphatic heterocycles. The van der Waals surface area contributed by atoms with Gasteiger partial charge in [0.15, 0.2) is 0 Å². The minimum atomic E-state index is -0.0103. The molecule has 0 bridgehead atoms. The molecule has 0 amide bonds. The van der Waals surface area contributed by atoms with Crippen molar-refractivity contribution in [3.63, 3.8) is 0 Å². The molecular weight excluding hydrogens is 252 g/mol. The molecule has 20 heavy (non-hydrogen) atoms. The van der Waals surface area contributed by atoms with Crippen LogP contribution in [0.1, 0.15) is 6.92 Å². The van der Waals surface area contributed by atoms with Gasteiger partial charge < -0.3 is 14.5 Å². The number of imidazole rings is 1. The lowest BCUT2D eigenvalue weighted by Gasteiger charge is -2.12. The van der Waals surface area contributed by atoms with Crippen molar-refractivity contribution in [2.24, 2.45) is 7.05 Å². The third kappa shape index (κ3) is 1.97. The Hall–Kier alpha value is -2.56. The van der Waals surface area contributed by atoms with Gasteiger partial charge in [0.25, 0.3) is 5.56 Å². The second-order valence-corrected chi connectivity index (χ2v) is 4.66. The molecule has 2 aromatic heterocycles. The Labute approximate surface area is 116 Å². The van der Waals surface area contributed by atoms with Crippen LogP contribution in [0.2, 0.25) is 0 Å². The molecule has 0 atom stereocenters. The fourth-order valence-electron chi connectivity index (χ4n) is 2.36. The highest BCUT2D eigenvalue weighted by Crippen LogP contribution is 2.24. The first-order valence-electron chi connectivity index (χ1n) is 6.56. The molecule has 0 unspecified atom stereocenters. The number of hydrogen-bond acceptors (Lipinski definition) is 3. The maximum atomic E-state index is 11.9. The number of rotatable bonds is 3. The molecule has 0 saturated carbocycles. The third-order valence-corrected chi connectivity index (χ3v) is 3.40. The Kier molecular flexibility index (Phi) is 3.02. The van der Waals surface area contributed by atoms with Crippen LogP contribution in [-0.2, 0) is 7.05 Å². The van der Waals surface area contributed by atoms with E-state index >= 15 is 0 Å². The quantitative estimate of drug-likeness (QED) is 0.792. The Morgan fingerprint density at radius 3 is 2.85 bits per heavy atom. The maximum absolute atomic E-state index is 11.9. The predicted octanol–water partition coefficient (Wildman–Crippen LogP) is 2.16. The van der Waals surface area contributed by atoms with E-state index in [0.29, 0.717) is 0 Å². The zero-order chi connectivity index (χ0) is 14.1. The van der Waals surface area contributed by atoms with Gasteiger partial charge in [-0.3, -0.25) is 4.79 Å². The van der Waals surface area contributed by atoms with E-state index in [0.717, 1.165) is 28.8 Å². The summed E-state index contributed by atoms with van der Waals surface area (Å²) in [7, 11) is 1.79. The zero-order valence-corrected chi connectivity index (χ0v) is 11.5. The van der Waals surface area contributed by atoms with E-state index in [1.54, 1.807) is 30.2 Å². The average molecular weight is 268 g/mol. The van der Waals surface area contributed by atoms with Crippen LogP contribution in [0.15, 0.2) is 47.8 Å². The van der Waals surface area contributed by atoms with Crippen molar-refractivity contribution >= 4 is 16.6 Å². The van der Waals surface area contributed by atoms with Crippen molar-refractivity contribution < 1.29 is 0 Å². The van der Waals surface area contributed by atoms with Gasteiger partial charge in [-0.1, -0.05) is 0 Å². The summed E-state index contributed by atoms with van der Waals surface area (Å²) >= 11 is 0. The lowest BCUT2D eigenvalue weighted by molar-refractivity contribution is 0.905. The number of pyridine rings is 1. The number of hydrogen-bond donors (Lipinski definition) is 1. The van der Waals surface area contributed by atoms with Crippen LogP contribution in [0.3, 0.4) is 0 Å². The maximum Gasteiger partial charge on any atom is 0.252 e. The van der Waals surface area contributed by atoms with Gasteiger partial charge >= 0.3 is 0 Å². The van der Waals surface area contributed by atoms with Gasteiger partial charge in [-0.05, 0) is 25.1 Å². The minimum absolute atomic E-state index is 0.0103. The first-order chi connectivity index (χ1) is 9.70. The summed E-state index contributed by atoms with van der Waals surface area (Å²) in [6.45, 7) is 2.79. The smallest absolute Gasteiger partial charge is 0.252 e. The van der Waals surface area contributed by atoms with E-state index in [-0.39, 0.29) is 5.56 Å². The molecule has 0 fully saturated rings. The van der Waals surface area contributed by atoms with Crippen LogP contribution < -0.4 is 10.9 Å². The number of aryl methyl sites for hydroxylation is 1. The fraction of sp³-hybridized carbons (Fsp3) is 0.200. The summed E-state index contributed by atoms with van der Waals surface area (Å²) in [5, 5.41) is 4.28. The van der Waals surface area contributed by atoms with Crippen molar-refractivity contribution in [3.8, 4) is 5.69 Å². The van der Waals surface area contributed by atoms with Crippen LogP contribution in [0.25, 0.3) is 16.6 Å². The van der Waals surface area contributed by atoms with Gasteiger partial charge in [-0.25, -0.2) is 4.98 Å². The highest BCUT2D eigenvalue weighted by atomic mass is 16.1. The number of benzene rings is 1. The highest BCUT2D eigenvalue weighted by Gasteiger charge is 2.07. The summed E-state index contributed by atoms with van der Waals surface area (Å²) in [6.07, 6.45) is 5.41. The Morgan fingerprint density at radius 1 is 1.30 bits per heavy atom. The van der Waals surface area contributed by atoms with Gasteiger partial charge in [0, 0.05) is 48.8 Å². The van der Waals surface area contributed by atoms with Gasteiger partial charge in [-0.2, -0.15) is 0 Å². The molecule has 1 N–H and O–H groups in total. The normalized spacial score (nSPS) is 10.9. The molecule has 5 heteroatoms. The SMILES string of the molecule is CCNc1cc(=O)n(C)c2ccc(-n3ccnc3)cc12. The molecule has 0 aliphatic carbocycles. The Balaban J connectivity index is 2.29. The lowest BCUT2D eigenvalue weighted by Crippen LogP contribution is -2.17. The van der Waals surface area contributed by atoms with Crippen LogP contribution in [-0.4, -0.2) is 20.7 Å². The van der Waals surface area contributed by atoms with Crippen molar-refractivity contribution in [3.05, 3.63) is 53.3 Å². The molecule has 0 radical (unpaired) electrons. The first kappa shape index (κ1) is 12.5. The largest absolute Gasteiger partial charge is 0.385 e. The van der Waals surface area contributed by atoms with Crippen LogP contribution in [0.4, 0.5) is 5.69 Å². The topological polar surface area (TPSA) is 51.9 Å². The third-order valence-electron chi connectivity index (χ3n) is 3.40. The van der Waals surface area contributed by atoms with E-state index in [1.807, 2.05) is 29.8 Å². The summed E-state index contributed by atoms with van der Waals surface area (Å²) < 4.78 is 3.61. The van der Waals surface area contributed by atoms with Gasteiger partial charge in [0.2, 0.25) is 0 Å². The van der Waals surface area contributed by atoms with Gasteiger partial charge in [0.1, 0.15) is 0 Å². The molecule has 102 valence electrons. The molecule has 3 aromatic rings. The molecular formula is C15H16N4O. The molecule has 3 rings (SSSR count). The lowest BCUT2D eigenvalue weighted by atomic mass is 10.1. The van der Waals surface area contributed by atoms with Crippen molar-refractivity contribution in [1.82, 2.24) is 14.1 Å². The second kappa shape index (κ2) is 4.85. The van der Waals surface area contributed by atoms with E-state index in [4.69, 9.17) is 0 Å². The van der Waals surface area contributed by atoms with E-state index in [9.17, 15) is 4.79 Å². The van der Waals surface area contributed by atoms with Crippen molar-refractivity contribution in [2.75, 3.05) is 11.9 Å². The van der Waals surface area contributed by atoms with Crippen LogP contribution in [0.5, 0.6) is 0 Å². The molecule has 2 heterocycles. The van der Waals surface area contributed by atoms with E-state index in [1.165, 1.54) is 0 Å².